The molecule has 0 aliphatic heterocycles. The van der Waals surface area contributed by atoms with Crippen LogP contribution in [-0.2, 0) is 18.4 Å². The van der Waals surface area contributed by atoms with Gasteiger partial charge in [0.25, 0.3) is 17.4 Å². The number of carbonyl (C=O) groups is 2. The summed E-state index contributed by atoms with van der Waals surface area (Å²) < 4.78 is 6.84. The van der Waals surface area contributed by atoms with Gasteiger partial charge in [-0.2, -0.15) is 5.10 Å². The molecule has 0 bridgehead atoms. The molecule has 0 fully saturated rings. The maximum absolute atomic E-state index is 12.6. The molecule has 0 radical (unpaired) electrons. The summed E-state index contributed by atoms with van der Waals surface area (Å²) in [5, 5.41) is 4.80. The van der Waals surface area contributed by atoms with E-state index in [2.05, 4.69) is 16.0 Å². The number of benzene rings is 3. The fraction of sp³-hybridized carbons (Fsp3) is 0.0769. The minimum Gasteiger partial charge on any atom is -0.489 e. The fourth-order valence-corrected chi connectivity index (χ4v) is 3.27. The number of amides is 2. The first-order valence-corrected chi connectivity index (χ1v) is 10.5. The highest BCUT2D eigenvalue weighted by Crippen LogP contribution is 2.15. The van der Waals surface area contributed by atoms with Gasteiger partial charge in [-0.3, -0.25) is 25.2 Å². The highest BCUT2D eigenvalue weighted by Gasteiger charge is 2.15. The molecular weight excluding hydrogens is 432 g/mol. The molecule has 0 spiro atoms. The molecule has 2 amide bonds. The van der Waals surface area contributed by atoms with Crippen LogP contribution < -0.4 is 21.1 Å². The van der Waals surface area contributed by atoms with Gasteiger partial charge in [0.15, 0.2) is 5.69 Å². The molecule has 0 atom stereocenters. The standard InChI is InChI=1S/C26H22N4O4/c1-30-26(33)22-10-6-5-9-21(22)24(29-30)25(32)28-27-23(31)16-13-18-11-14-20(15-12-18)34-17-19-7-3-2-4-8-19/h2-16H,17H2,1H3,(H,27,31)(H,28,32). The Hall–Kier alpha value is -4.72. The molecule has 4 aromatic rings. The third-order valence-corrected chi connectivity index (χ3v) is 5.03. The van der Waals surface area contributed by atoms with Gasteiger partial charge in [0.05, 0.1) is 5.39 Å². The van der Waals surface area contributed by atoms with E-state index in [9.17, 15) is 14.4 Å². The largest absolute Gasteiger partial charge is 0.489 e. The van der Waals surface area contributed by atoms with Crippen molar-refractivity contribution in [2.75, 3.05) is 0 Å². The molecule has 0 unspecified atom stereocenters. The molecule has 2 N–H and O–H groups in total. The number of ether oxygens (including phenoxy) is 1. The monoisotopic (exact) mass is 454 g/mol. The summed E-state index contributed by atoms with van der Waals surface area (Å²) in [6, 6.07) is 23.8. The van der Waals surface area contributed by atoms with Crippen molar-refractivity contribution in [3.05, 3.63) is 112 Å². The Balaban J connectivity index is 1.33. The number of nitrogens with zero attached hydrogens (tertiary/aromatic N) is 2. The van der Waals surface area contributed by atoms with Crippen molar-refractivity contribution >= 4 is 28.7 Å². The molecule has 0 aliphatic rings. The van der Waals surface area contributed by atoms with Gasteiger partial charge in [-0.15, -0.1) is 0 Å². The number of nitrogens with one attached hydrogen (secondary N) is 2. The van der Waals surface area contributed by atoms with E-state index in [1.165, 1.54) is 13.1 Å². The summed E-state index contributed by atoms with van der Waals surface area (Å²) in [6.07, 6.45) is 2.91. The zero-order valence-electron chi connectivity index (χ0n) is 18.4. The molecular formula is C26H22N4O4. The lowest BCUT2D eigenvalue weighted by Gasteiger charge is -2.09. The van der Waals surface area contributed by atoms with Gasteiger partial charge >= 0.3 is 0 Å². The van der Waals surface area contributed by atoms with Crippen LogP contribution in [0.3, 0.4) is 0 Å². The lowest BCUT2D eigenvalue weighted by atomic mass is 10.1. The van der Waals surface area contributed by atoms with Crippen LogP contribution in [-0.4, -0.2) is 21.6 Å². The van der Waals surface area contributed by atoms with Gasteiger partial charge < -0.3 is 4.74 Å². The zero-order chi connectivity index (χ0) is 23.9. The van der Waals surface area contributed by atoms with E-state index in [0.29, 0.717) is 17.4 Å². The summed E-state index contributed by atoms with van der Waals surface area (Å²) in [7, 11) is 1.46. The molecule has 4 rings (SSSR count). The molecule has 0 saturated heterocycles. The van der Waals surface area contributed by atoms with Gasteiger partial charge in [-0.1, -0.05) is 60.7 Å². The van der Waals surface area contributed by atoms with Gasteiger partial charge in [-0.25, -0.2) is 4.68 Å². The van der Waals surface area contributed by atoms with Crippen molar-refractivity contribution in [3.8, 4) is 5.75 Å². The Morgan fingerprint density at radius 1 is 0.912 bits per heavy atom. The summed E-state index contributed by atoms with van der Waals surface area (Å²) in [5.74, 6) is -0.435. The topological polar surface area (TPSA) is 102 Å². The van der Waals surface area contributed by atoms with Gasteiger partial charge in [0.1, 0.15) is 12.4 Å². The van der Waals surface area contributed by atoms with Crippen molar-refractivity contribution in [1.29, 1.82) is 0 Å². The van der Waals surface area contributed by atoms with E-state index in [1.54, 1.807) is 30.3 Å². The maximum Gasteiger partial charge on any atom is 0.290 e. The lowest BCUT2D eigenvalue weighted by Crippen LogP contribution is -2.42. The van der Waals surface area contributed by atoms with Gasteiger partial charge in [-0.05, 0) is 35.4 Å². The Bertz CT molecular complexity index is 1410. The van der Waals surface area contributed by atoms with Crippen molar-refractivity contribution in [2.24, 2.45) is 7.05 Å². The van der Waals surface area contributed by atoms with Crippen LogP contribution in [0.4, 0.5) is 0 Å². The summed E-state index contributed by atoms with van der Waals surface area (Å²) in [6.45, 7) is 0.470. The number of aromatic nitrogens is 2. The number of rotatable bonds is 6. The van der Waals surface area contributed by atoms with Crippen LogP contribution in [0.5, 0.6) is 5.75 Å². The van der Waals surface area contributed by atoms with Crippen LogP contribution in [0.1, 0.15) is 21.6 Å². The van der Waals surface area contributed by atoms with Gasteiger partial charge in [0.2, 0.25) is 0 Å². The van der Waals surface area contributed by atoms with E-state index >= 15 is 0 Å². The maximum atomic E-state index is 12.6. The van der Waals surface area contributed by atoms with E-state index in [4.69, 9.17) is 4.74 Å². The van der Waals surface area contributed by atoms with E-state index < -0.39 is 11.8 Å². The quantitative estimate of drug-likeness (QED) is 0.345. The molecule has 170 valence electrons. The second-order valence-corrected chi connectivity index (χ2v) is 7.44. The Morgan fingerprint density at radius 3 is 2.32 bits per heavy atom. The minimum absolute atomic E-state index is 0.0353. The number of hydrogen-bond acceptors (Lipinski definition) is 5. The highest BCUT2D eigenvalue weighted by atomic mass is 16.5. The molecule has 0 saturated carbocycles. The molecule has 1 heterocycles. The first-order chi connectivity index (χ1) is 16.5. The van der Waals surface area contributed by atoms with Crippen molar-refractivity contribution in [1.82, 2.24) is 20.6 Å². The van der Waals surface area contributed by atoms with Crippen molar-refractivity contribution in [3.63, 3.8) is 0 Å². The second kappa shape index (κ2) is 10.3. The lowest BCUT2D eigenvalue weighted by molar-refractivity contribution is -0.117. The Kier molecular flexibility index (Phi) is 6.78. The molecule has 8 nitrogen and oxygen atoms in total. The third-order valence-electron chi connectivity index (χ3n) is 5.03. The number of aryl methyl sites for hydroxylation is 1. The predicted octanol–water partition coefficient (Wildman–Crippen LogP) is 2.99. The fourth-order valence-electron chi connectivity index (χ4n) is 3.27. The summed E-state index contributed by atoms with van der Waals surface area (Å²) >= 11 is 0. The van der Waals surface area contributed by atoms with Crippen LogP contribution in [0.15, 0.2) is 89.7 Å². The zero-order valence-corrected chi connectivity index (χ0v) is 18.4. The van der Waals surface area contributed by atoms with Crippen molar-refractivity contribution < 1.29 is 14.3 Å². The van der Waals surface area contributed by atoms with Crippen molar-refractivity contribution in [2.45, 2.75) is 6.61 Å². The number of fused-ring (bicyclic) bond motifs is 1. The smallest absolute Gasteiger partial charge is 0.290 e. The summed E-state index contributed by atoms with van der Waals surface area (Å²) in [5.41, 5.74) is 6.24. The number of carbonyl (C=O) groups excluding carboxylic acids is 2. The molecule has 34 heavy (non-hydrogen) atoms. The molecule has 1 aromatic heterocycles. The van der Waals surface area contributed by atoms with E-state index in [-0.39, 0.29) is 11.3 Å². The SMILES string of the molecule is Cn1nc(C(=O)NNC(=O)C=Cc2ccc(OCc3ccccc3)cc2)c2ccccc2c1=O. The van der Waals surface area contributed by atoms with Gasteiger partial charge in [0, 0.05) is 18.5 Å². The van der Waals surface area contributed by atoms with Crippen LogP contribution in [0, 0.1) is 0 Å². The minimum atomic E-state index is -0.631. The van der Waals surface area contributed by atoms with E-state index in [0.717, 1.165) is 21.6 Å². The highest BCUT2D eigenvalue weighted by molar-refractivity contribution is 6.05. The first-order valence-electron chi connectivity index (χ1n) is 10.5. The Labute approximate surface area is 195 Å². The Morgan fingerprint density at radius 2 is 1.59 bits per heavy atom. The normalized spacial score (nSPS) is 10.9. The van der Waals surface area contributed by atoms with Crippen LogP contribution in [0.2, 0.25) is 0 Å². The molecule has 0 aliphatic carbocycles. The number of hydrazine groups is 1. The van der Waals surface area contributed by atoms with Crippen LogP contribution >= 0.6 is 0 Å². The first kappa shape index (κ1) is 22.5. The average Bonchev–Trinajstić information content (AvgIpc) is 2.88. The van der Waals surface area contributed by atoms with E-state index in [1.807, 2.05) is 54.6 Å². The third kappa shape index (κ3) is 5.36. The number of hydrogen-bond donors (Lipinski definition) is 2. The predicted molar refractivity (Wildman–Crippen MR) is 129 cm³/mol. The molecule has 8 heteroatoms. The summed E-state index contributed by atoms with van der Waals surface area (Å²) in [4.78, 5) is 36.9. The second-order valence-electron chi connectivity index (χ2n) is 7.44. The average molecular weight is 454 g/mol. The van der Waals surface area contributed by atoms with Crippen LogP contribution in [0.25, 0.3) is 16.8 Å². The molecule has 3 aromatic carbocycles.